The first-order valence-corrected chi connectivity index (χ1v) is 5.45. The van der Waals surface area contributed by atoms with Crippen molar-refractivity contribution in [1.82, 2.24) is 5.32 Å². The number of alkyl halides is 2. The molecular formula is C12H15ClF2N2O. The van der Waals surface area contributed by atoms with Crippen molar-refractivity contribution in [1.29, 1.82) is 0 Å². The molecule has 3 nitrogen and oxygen atoms in total. The number of halogens is 3. The first kappa shape index (κ1) is 14.9. The fourth-order valence-electron chi connectivity index (χ4n) is 1.77. The molecule has 1 atom stereocenters. The monoisotopic (exact) mass is 276 g/mol. The van der Waals surface area contributed by atoms with E-state index in [0.29, 0.717) is 5.69 Å². The predicted molar refractivity (Wildman–Crippen MR) is 68.4 cm³/mol. The molecule has 0 radical (unpaired) electrons. The number of rotatable bonds is 2. The van der Waals surface area contributed by atoms with E-state index in [4.69, 9.17) is 0 Å². The molecule has 100 valence electrons. The molecule has 0 aliphatic carbocycles. The molecule has 1 aliphatic heterocycles. The SMILES string of the molecule is Cc1ccc(NC(=O)C2CC(F)(F)CN2)cc1.Cl. The van der Waals surface area contributed by atoms with E-state index >= 15 is 0 Å². The molecule has 18 heavy (non-hydrogen) atoms. The zero-order valence-electron chi connectivity index (χ0n) is 9.87. The van der Waals surface area contributed by atoms with Crippen LogP contribution in [0.2, 0.25) is 0 Å². The molecule has 2 N–H and O–H groups in total. The van der Waals surface area contributed by atoms with Gasteiger partial charge in [0.25, 0.3) is 5.92 Å². The van der Waals surface area contributed by atoms with Crippen LogP contribution in [0.3, 0.4) is 0 Å². The van der Waals surface area contributed by atoms with Gasteiger partial charge in [-0.05, 0) is 19.1 Å². The quantitative estimate of drug-likeness (QED) is 0.871. The zero-order chi connectivity index (χ0) is 12.5. The maximum absolute atomic E-state index is 12.9. The van der Waals surface area contributed by atoms with Gasteiger partial charge in [-0.1, -0.05) is 17.7 Å². The third-order valence-corrected chi connectivity index (χ3v) is 2.75. The Hall–Kier alpha value is -1.20. The minimum absolute atomic E-state index is 0. The highest BCUT2D eigenvalue weighted by Crippen LogP contribution is 2.25. The van der Waals surface area contributed by atoms with Gasteiger partial charge >= 0.3 is 0 Å². The number of carbonyl (C=O) groups is 1. The second-order valence-electron chi connectivity index (χ2n) is 4.35. The summed E-state index contributed by atoms with van der Waals surface area (Å²) in [6, 6.07) is 6.39. The molecule has 0 bridgehead atoms. The number of amides is 1. The molecular weight excluding hydrogens is 262 g/mol. The third kappa shape index (κ3) is 3.65. The molecule has 0 aromatic heterocycles. The van der Waals surface area contributed by atoms with Gasteiger partial charge in [-0.2, -0.15) is 0 Å². The Balaban J connectivity index is 0.00000162. The maximum Gasteiger partial charge on any atom is 0.262 e. The van der Waals surface area contributed by atoms with Crippen molar-refractivity contribution in [3.63, 3.8) is 0 Å². The lowest BCUT2D eigenvalue weighted by Gasteiger charge is -2.11. The summed E-state index contributed by atoms with van der Waals surface area (Å²) in [4.78, 5) is 11.7. The zero-order valence-corrected chi connectivity index (χ0v) is 10.7. The maximum atomic E-state index is 12.9. The number of hydrogen-bond donors (Lipinski definition) is 2. The van der Waals surface area contributed by atoms with Crippen LogP contribution >= 0.6 is 12.4 Å². The number of anilines is 1. The van der Waals surface area contributed by atoms with Crippen LogP contribution in [0.15, 0.2) is 24.3 Å². The van der Waals surface area contributed by atoms with E-state index in [1.54, 1.807) is 12.1 Å². The van der Waals surface area contributed by atoms with Crippen LogP contribution < -0.4 is 10.6 Å². The van der Waals surface area contributed by atoms with E-state index < -0.39 is 30.8 Å². The lowest BCUT2D eigenvalue weighted by atomic mass is 10.1. The molecule has 1 aliphatic rings. The molecule has 0 saturated carbocycles. The Bertz CT molecular complexity index is 423. The topological polar surface area (TPSA) is 41.1 Å². The van der Waals surface area contributed by atoms with Gasteiger partial charge < -0.3 is 5.32 Å². The fraction of sp³-hybridized carbons (Fsp3) is 0.417. The second kappa shape index (κ2) is 5.63. The van der Waals surface area contributed by atoms with E-state index in [9.17, 15) is 13.6 Å². The summed E-state index contributed by atoms with van der Waals surface area (Å²) in [5.41, 5.74) is 1.70. The molecule has 0 spiro atoms. The molecule has 1 unspecified atom stereocenters. The molecule has 2 rings (SSSR count). The first-order chi connectivity index (χ1) is 7.96. The number of aryl methyl sites for hydroxylation is 1. The molecule has 1 saturated heterocycles. The van der Waals surface area contributed by atoms with E-state index in [2.05, 4.69) is 10.6 Å². The molecule has 6 heteroatoms. The minimum Gasteiger partial charge on any atom is -0.325 e. The number of hydrogen-bond acceptors (Lipinski definition) is 2. The van der Waals surface area contributed by atoms with Gasteiger partial charge in [0.1, 0.15) is 0 Å². The van der Waals surface area contributed by atoms with Gasteiger partial charge in [0.05, 0.1) is 12.6 Å². The van der Waals surface area contributed by atoms with Crippen LogP contribution in [0.5, 0.6) is 0 Å². The first-order valence-electron chi connectivity index (χ1n) is 5.45. The van der Waals surface area contributed by atoms with E-state index in [1.165, 1.54) is 0 Å². The Labute approximate surface area is 110 Å². The van der Waals surface area contributed by atoms with Crippen molar-refractivity contribution in [2.24, 2.45) is 0 Å². The van der Waals surface area contributed by atoms with Gasteiger partial charge in [-0.3, -0.25) is 10.1 Å². The van der Waals surface area contributed by atoms with Crippen molar-refractivity contribution in [2.75, 3.05) is 11.9 Å². The van der Waals surface area contributed by atoms with Gasteiger partial charge in [-0.25, -0.2) is 8.78 Å². The van der Waals surface area contributed by atoms with Gasteiger partial charge in [0.2, 0.25) is 5.91 Å². The lowest BCUT2D eigenvalue weighted by Crippen LogP contribution is -2.35. The standard InChI is InChI=1S/C12H14F2N2O.ClH/c1-8-2-4-9(5-3-8)16-11(17)10-6-12(13,14)7-15-10;/h2-5,10,15H,6-7H2,1H3,(H,16,17);1H. The third-order valence-electron chi connectivity index (χ3n) is 2.75. The van der Waals surface area contributed by atoms with Gasteiger partial charge in [-0.15, -0.1) is 12.4 Å². The Morgan fingerprint density at radius 2 is 2.00 bits per heavy atom. The Morgan fingerprint density at radius 1 is 1.39 bits per heavy atom. The van der Waals surface area contributed by atoms with Crippen LogP contribution in [-0.4, -0.2) is 24.4 Å². The van der Waals surface area contributed by atoms with E-state index in [0.717, 1.165) is 5.56 Å². The molecule has 1 fully saturated rings. The Morgan fingerprint density at radius 3 is 2.50 bits per heavy atom. The van der Waals surface area contributed by atoms with Gasteiger partial charge in [0.15, 0.2) is 0 Å². The van der Waals surface area contributed by atoms with Crippen molar-refractivity contribution >= 4 is 24.0 Å². The molecule has 1 aromatic rings. The largest absolute Gasteiger partial charge is 0.325 e. The summed E-state index contributed by atoms with van der Waals surface area (Å²) in [7, 11) is 0. The van der Waals surface area contributed by atoms with Crippen LogP contribution in [0.25, 0.3) is 0 Å². The lowest BCUT2D eigenvalue weighted by molar-refractivity contribution is -0.118. The summed E-state index contributed by atoms with van der Waals surface area (Å²) in [5, 5.41) is 5.13. The number of nitrogens with one attached hydrogen (secondary N) is 2. The van der Waals surface area contributed by atoms with Crippen molar-refractivity contribution in [3.05, 3.63) is 29.8 Å². The van der Waals surface area contributed by atoms with Crippen molar-refractivity contribution < 1.29 is 13.6 Å². The smallest absolute Gasteiger partial charge is 0.262 e. The molecule has 1 amide bonds. The van der Waals surface area contributed by atoms with Crippen LogP contribution in [0, 0.1) is 6.92 Å². The number of carbonyl (C=O) groups excluding carboxylic acids is 1. The molecule has 1 aromatic carbocycles. The minimum atomic E-state index is -2.78. The average molecular weight is 277 g/mol. The fourth-order valence-corrected chi connectivity index (χ4v) is 1.77. The molecule has 1 heterocycles. The highest BCUT2D eigenvalue weighted by molar-refractivity contribution is 5.95. The van der Waals surface area contributed by atoms with E-state index in [-0.39, 0.29) is 12.4 Å². The van der Waals surface area contributed by atoms with Crippen molar-refractivity contribution in [3.8, 4) is 0 Å². The average Bonchev–Trinajstić information content (AvgIpc) is 2.62. The summed E-state index contributed by atoms with van der Waals surface area (Å²) in [6.07, 6.45) is -0.440. The number of benzene rings is 1. The summed E-state index contributed by atoms with van der Waals surface area (Å²) in [5.74, 6) is -3.19. The van der Waals surface area contributed by atoms with Crippen LogP contribution in [0.1, 0.15) is 12.0 Å². The predicted octanol–water partition coefficient (Wildman–Crippen LogP) is 2.35. The summed E-state index contributed by atoms with van der Waals surface area (Å²) in [6.45, 7) is 1.50. The van der Waals surface area contributed by atoms with Gasteiger partial charge in [0, 0.05) is 12.1 Å². The highest BCUT2D eigenvalue weighted by Gasteiger charge is 2.42. The van der Waals surface area contributed by atoms with Crippen LogP contribution in [0.4, 0.5) is 14.5 Å². The highest BCUT2D eigenvalue weighted by atomic mass is 35.5. The van der Waals surface area contributed by atoms with Crippen LogP contribution in [-0.2, 0) is 4.79 Å². The van der Waals surface area contributed by atoms with Crippen molar-refractivity contribution in [2.45, 2.75) is 25.3 Å². The normalized spacial score (nSPS) is 21.2. The summed E-state index contributed by atoms with van der Waals surface area (Å²) < 4.78 is 25.8. The second-order valence-corrected chi connectivity index (χ2v) is 4.35. The summed E-state index contributed by atoms with van der Waals surface area (Å²) >= 11 is 0. The van der Waals surface area contributed by atoms with E-state index in [1.807, 2.05) is 19.1 Å². The Kier molecular flexibility index (Phi) is 4.65.